The monoisotopic (exact) mass is 389 g/mol. The van der Waals surface area contributed by atoms with E-state index in [9.17, 15) is 9.59 Å². The van der Waals surface area contributed by atoms with Gasteiger partial charge in [0.1, 0.15) is 12.4 Å². The van der Waals surface area contributed by atoms with Gasteiger partial charge in [0.25, 0.3) is 5.91 Å². The van der Waals surface area contributed by atoms with Gasteiger partial charge < -0.3 is 14.6 Å². The topological polar surface area (TPSA) is 73.2 Å². The van der Waals surface area contributed by atoms with Gasteiger partial charge in [-0.15, -0.1) is 0 Å². The summed E-state index contributed by atoms with van der Waals surface area (Å²) in [5.74, 6) is 1.38. The van der Waals surface area contributed by atoms with Crippen molar-refractivity contribution < 1.29 is 14.3 Å². The van der Waals surface area contributed by atoms with Crippen molar-refractivity contribution >= 4 is 34.7 Å². The molecule has 2 aromatic rings. The average Bonchev–Trinajstić information content (AvgIpc) is 3.00. The number of aromatic nitrogens is 2. The van der Waals surface area contributed by atoms with Crippen LogP contribution in [0.3, 0.4) is 0 Å². The first-order chi connectivity index (χ1) is 13.1. The van der Waals surface area contributed by atoms with Gasteiger partial charge in [0.2, 0.25) is 0 Å². The van der Waals surface area contributed by atoms with E-state index in [1.165, 1.54) is 6.42 Å². The Morgan fingerprint density at radius 1 is 1.30 bits per heavy atom. The molecular formula is C20H27N3O3S. The molecule has 1 amide bonds. The van der Waals surface area contributed by atoms with E-state index >= 15 is 0 Å². The predicted octanol–water partition coefficient (Wildman–Crippen LogP) is 3.14. The molecule has 1 N–H and O–H groups in total. The van der Waals surface area contributed by atoms with E-state index in [4.69, 9.17) is 4.74 Å². The van der Waals surface area contributed by atoms with Crippen LogP contribution >= 0.6 is 11.8 Å². The number of ether oxygens (including phenoxy) is 1. The highest BCUT2D eigenvalue weighted by Gasteiger charge is 2.23. The Hall–Kier alpha value is -2.02. The predicted molar refractivity (Wildman–Crippen MR) is 107 cm³/mol. The van der Waals surface area contributed by atoms with Crippen molar-refractivity contribution in [3.63, 3.8) is 0 Å². The zero-order chi connectivity index (χ0) is 19.2. The Kier molecular flexibility index (Phi) is 6.77. The van der Waals surface area contributed by atoms with Crippen molar-refractivity contribution in [1.29, 1.82) is 0 Å². The molecule has 1 aliphatic rings. The van der Waals surface area contributed by atoms with Crippen molar-refractivity contribution in [2.24, 2.45) is 5.92 Å². The number of carbonyl (C=O) groups is 2. The van der Waals surface area contributed by atoms with Crippen LogP contribution in [0, 0.1) is 5.92 Å². The molecule has 3 rings (SSSR count). The lowest BCUT2D eigenvalue weighted by atomic mass is 9.86. The first-order valence-electron chi connectivity index (χ1n) is 9.46. The first kappa shape index (κ1) is 19.7. The van der Waals surface area contributed by atoms with Crippen molar-refractivity contribution in [3.8, 4) is 0 Å². The molecule has 146 valence electrons. The number of benzene rings is 1. The first-order valence-corrected chi connectivity index (χ1v) is 10.9. The molecule has 0 unspecified atom stereocenters. The number of imidazole rings is 1. The molecule has 0 bridgehead atoms. The number of amides is 1. The van der Waals surface area contributed by atoms with E-state index in [1.54, 1.807) is 11.8 Å². The molecule has 0 saturated heterocycles. The standard InChI is InChI=1S/C20H27N3O3S/c1-14-7-3-4-8-15(14)22-19(24)12-26-20(25)11-23-17-10-6-5-9-16(17)21-18(23)13-27-2/h5-6,9-10,14-15H,3-4,7-8,11-13H2,1-2H3,(H,22,24)/t14-,15+/m0/s1. The Balaban J connectivity index is 1.57. The maximum absolute atomic E-state index is 12.3. The summed E-state index contributed by atoms with van der Waals surface area (Å²) in [5.41, 5.74) is 1.76. The van der Waals surface area contributed by atoms with Crippen LogP contribution in [-0.4, -0.2) is 40.3 Å². The molecule has 1 aromatic carbocycles. The summed E-state index contributed by atoms with van der Waals surface area (Å²) in [4.78, 5) is 29.0. The number of para-hydroxylation sites is 2. The third-order valence-corrected chi connectivity index (χ3v) is 5.66. The van der Waals surface area contributed by atoms with Crippen LogP contribution in [0.1, 0.15) is 38.4 Å². The second-order valence-electron chi connectivity index (χ2n) is 7.13. The molecule has 0 spiro atoms. The third kappa shape index (κ3) is 5.03. The van der Waals surface area contributed by atoms with Crippen LogP contribution < -0.4 is 5.32 Å². The second kappa shape index (κ2) is 9.26. The molecule has 0 radical (unpaired) electrons. The molecule has 7 heteroatoms. The van der Waals surface area contributed by atoms with Crippen LogP contribution in [0.2, 0.25) is 0 Å². The fourth-order valence-corrected chi connectivity index (χ4v) is 4.12. The number of hydrogen-bond donors (Lipinski definition) is 1. The quantitative estimate of drug-likeness (QED) is 0.737. The van der Waals surface area contributed by atoms with E-state index in [0.717, 1.165) is 36.1 Å². The number of fused-ring (bicyclic) bond motifs is 1. The highest BCUT2D eigenvalue weighted by atomic mass is 32.2. The van der Waals surface area contributed by atoms with Crippen molar-refractivity contribution in [3.05, 3.63) is 30.1 Å². The Morgan fingerprint density at radius 2 is 2.07 bits per heavy atom. The van der Waals surface area contributed by atoms with Crippen LogP contribution in [0.5, 0.6) is 0 Å². The number of hydrogen-bond acceptors (Lipinski definition) is 5. The van der Waals surface area contributed by atoms with Crippen molar-refractivity contribution in [2.45, 2.75) is 50.9 Å². The van der Waals surface area contributed by atoms with Gasteiger partial charge in [0.05, 0.1) is 16.8 Å². The number of esters is 1. The molecule has 1 heterocycles. The fourth-order valence-electron chi connectivity index (χ4n) is 3.64. The van der Waals surface area contributed by atoms with Crippen molar-refractivity contribution in [1.82, 2.24) is 14.9 Å². The van der Waals surface area contributed by atoms with E-state index in [2.05, 4.69) is 17.2 Å². The molecule has 6 nitrogen and oxygen atoms in total. The van der Waals surface area contributed by atoms with E-state index in [1.807, 2.05) is 35.1 Å². The molecule has 2 atom stereocenters. The number of nitrogens with zero attached hydrogens (tertiary/aromatic N) is 2. The summed E-state index contributed by atoms with van der Waals surface area (Å²) in [6.07, 6.45) is 6.50. The lowest BCUT2D eigenvalue weighted by molar-refractivity contribution is -0.149. The summed E-state index contributed by atoms with van der Waals surface area (Å²) in [6.45, 7) is 1.99. The molecule has 1 saturated carbocycles. The van der Waals surface area contributed by atoms with Crippen LogP contribution in [0.25, 0.3) is 11.0 Å². The summed E-state index contributed by atoms with van der Waals surface area (Å²) in [5, 5.41) is 3.01. The molecule has 0 aliphatic heterocycles. The van der Waals surface area contributed by atoms with Gasteiger partial charge >= 0.3 is 5.97 Å². The maximum Gasteiger partial charge on any atom is 0.326 e. The maximum atomic E-state index is 12.3. The fraction of sp³-hybridized carbons (Fsp3) is 0.550. The van der Waals surface area contributed by atoms with E-state index in [-0.39, 0.29) is 25.1 Å². The molecule has 27 heavy (non-hydrogen) atoms. The van der Waals surface area contributed by atoms with Gasteiger partial charge in [-0.05, 0) is 37.1 Å². The summed E-state index contributed by atoms with van der Waals surface area (Å²) in [7, 11) is 0. The number of thioether (sulfide) groups is 1. The number of rotatable bonds is 7. The summed E-state index contributed by atoms with van der Waals surface area (Å²) >= 11 is 1.65. The molecular weight excluding hydrogens is 362 g/mol. The minimum absolute atomic E-state index is 0.0590. The van der Waals surface area contributed by atoms with Gasteiger partial charge in [0, 0.05) is 6.04 Å². The van der Waals surface area contributed by atoms with Crippen LogP contribution in [0.4, 0.5) is 0 Å². The van der Waals surface area contributed by atoms with E-state index in [0.29, 0.717) is 11.7 Å². The zero-order valence-corrected chi connectivity index (χ0v) is 16.8. The number of nitrogens with one attached hydrogen (secondary N) is 1. The highest BCUT2D eigenvalue weighted by Crippen LogP contribution is 2.23. The zero-order valence-electron chi connectivity index (χ0n) is 15.9. The summed E-state index contributed by atoms with van der Waals surface area (Å²) in [6, 6.07) is 7.91. The van der Waals surface area contributed by atoms with Gasteiger partial charge in [-0.3, -0.25) is 9.59 Å². The Bertz CT molecular complexity index is 805. The normalized spacial score (nSPS) is 19.8. The van der Waals surface area contributed by atoms with Gasteiger partial charge in [0.15, 0.2) is 6.61 Å². The van der Waals surface area contributed by atoms with Gasteiger partial charge in [-0.1, -0.05) is 31.9 Å². The second-order valence-corrected chi connectivity index (χ2v) is 8.00. The van der Waals surface area contributed by atoms with E-state index < -0.39 is 5.97 Å². The smallest absolute Gasteiger partial charge is 0.326 e. The molecule has 1 aliphatic carbocycles. The Labute approximate surface area is 164 Å². The molecule has 1 aromatic heterocycles. The SMILES string of the molecule is CSCc1nc2ccccc2n1CC(=O)OCC(=O)N[C@@H]1CCCC[C@@H]1C. The van der Waals surface area contributed by atoms with Crippen LogP contribution in [0.15, 0.2) is 24.3 Å². The minimum atomic E-state index is -0.424. The Morgan fingerprint density at radius 3 is 2.85 bits per heavy atom. The summed E-state index contributed by atoms with van der Waals surface area (Å²) < 4.78 is 7.10. The van der Waals surface area contributed by atoms with Gasteiger partial charge in [-0.2, -0.15) is 11.8 Å². The number of carbonyl (C=O) groups excluding carboxylic acids is 2. The minimum Gasteiger partial charge on any atom is -0.454 e. The average molecular weight is 390 g/mol. The van der Waals surface area contributed by atoms with Crippen molar-refractivity contribution in [2.75, 3.05) is 12.9 Å². The third-order valence-electron chi connectivity index (χ3n) is 5.12. The lowest BCUT2D eigenvalue weighted by Crippen LogP contribution is -2.43. The van der Waals surface area contributed by atoms with Crippen LogP contribution in [-0.2, 0) is 26.6 Å². The lowest BCUT2D eigenvalue weighted by Gasteiger charge is -2.29. The largest absolute Gasteiger partial charge is 0.454 e. The van der Waals surface area contributed by atoms with Gasteiger partial charge in [-0.25, -0.2) is 4.98 Å². The molecule has 1 fully saturated rings. The highest BCUT2D eigenvalue weighted by molar-refractivity contribution is 7.97.